The number of hydrogen-bond acceptors (Lipinski definition) is 8. The molecule has 0 spiro atoms. The first-order valence-corrected chi connectivity index (χ1v) is 9.99. The molecule has 108 valence electrons. The van der Waals surface area contributed by atoms with Crippen molar-refractivity contribution in [2.24, 2.45) is 0 Å². The van der Waals surface area contributed by atoms with Crippen molar-refractivity contribution < 1.29 is 8.42 Å². The van der Waals surface area contributed by atoms with Crippen molar-refractivity contribution in [1.82, 2.24) is 9.97 Å². The Morgan fingerprint density at radius 2 is 2.25 bits per heavy atom. The number of nitrogens with two attached hydrogens (primary N) is 1. The second kappa shape index (κ2) is 5.05. The quantitative estimate of drug-likeness (QED) is 0.885. The summed E-state index contributed by atoms with van der Waals surface area (Å²) >= 11 is 3.12. The summed E-state index contributed by atoms with van der Waals surface area (Å²) < 4.78 is 24.0. The highest BCUT2D eigenvalue weighted by molar-refractivity contribution is 8.01. The van der Waals surface area contributed by atoms with E-state index in [2.05, 4.69) is 9.97 Å². The predicted molar refractivity (Wildman–Crippen MR) is 85.1 cm³/mol. The molecule has 20 heavy (non-hydrogen) atoms. The van der Waals surface area contributed by atoms with Gasteiger partial charge in [0.05, 0.1) is 5.39 Å². The van der Waals surface area contributed by atoms with E-state index in [0.29, 0.717) is 18.1 Å². The lowest BCUT2D eigenvalue weighted by Crippen LogP contribution is -2.47. The average molecular weight is 330 g/mol. The lowest BCUT2D eigenvalue weighted by atomic mass is 10.3. The topological polar surface area (TPSA) is 89.2 Å². The molecular weight excluding hydrogens is 316 g/mol. The summed E-state index contributed by atoms with van der Waals surface area (Å²) in [5.41, 5.74) is 5.75. The molecule has 2 N–H and O–H groups in total. The van der Waals surface area contributed by atoms with Gasteiger partial charge in [-0.15, -0.1) is 11.3 Å². The van der Waals surface area contributed by atoms with Crippen molar-refractivity contribution in [2.75, 3.05) is 34.9 Å². The van der Waals surface area contributed by atoms with Crippen molar-refractivity contribution in [3.05, 3.63) is 11.4 Å². The third-order valence-electron chi connectivity index (χ3n) is 3.17. The Hall–Kier alpha value is -1.06. The van der Waals surface area contributed by atoms with Crippen LogP contribution < -0.4 is 10.6 Å². The van der Waals surface area contributed by atoms with Crippen molar-refractivity contribution in [3.8, 4) is 0 Å². The maximum atomic E-state index is 12.0. The minimum Gasteiger partial charge on any atom is -0.368 e. The van der Waals surface area contributed by atoms with Crippen molar-refractivity contribution in [3.63, 3.8) is 0 Å². The Bertz CT molecular complexity index is 743. The zero-order chi connectivity index (χ0) is 14.3. The minimum atomic E-state index is -3.18. The van der Waals surface area contributed by atoms with Gasteiger partial charge in [0.2, 0.25) is 5.95 Å². The number of thioether (sulfide) groups is 1. The van der Waals surface area contributed by atoms with E-state index >= 15 is 0 Å². The molecule has 1 unspecified atom stereocenters. The highest BCUT2D eigenvalue weighted by Gasteiger charge is 2.33. The standard InChI is InChI=1S/C11H14N4O2S3/c1-20(16,17)8-6-18-5-3-15(8)9-7-2-4-19-10(7)14-11(12)13-9/h2,4,8H,3,5-6H2,1H3,(H2,12,13,14). The Kier molecular flexibility index (Phi) is 3.51. The van der Waals surface area contributed by atoms with Crippen LogP contribution in [0.5, 0.6) is 0 Å². The van der Waals surface area contributed by atoms with Crippen LogP contribution >= 0.6 is 23.1 Å². The number of sulfone groups is 1. The maximum absolute atomic E-state index is 12.0. The molecule has 0 amide bonds. The Morgan fingerprint density at radius 3 is 3.00 bits per heavy atom. The molecule has 1 aliphatic heterocycles. The van der Waals surface area contributed by atoms with Crippen LogP contribution in [0.15, 0.2) is 11.4 Å². The van der Waals surface area contributed by atoms with Crippen LogP contribution in [0.1, 0.15) is 0 Å². The summed E-state index contributed by atoms with van der Waals surface area (Å²) in [6.07, 6.45) is 1.27. The van der Waals surface area contributed by atoms with Crippen molar-refractivity contribution >= 4 is 54.9 Å². The van der Waals surface area contributed by atoms with E-state index in [1.54, 1.807) is 11.8 Å². The second-order valence-electron chi connectivity index (χ2n) is 4.60. The minimum absolute atomic E-state index is 0.181. The largest absolute Gasteiger partial charge is 0.368 e. The van der Waals surface area contributed by atoms with Gasteiger partial charge in [-0.2, -0.15) is 16.7 Å². The SMILES string of the molecule is CS(=O)(=O)C1CSCCN1c1nc(N)nc2sccc12. The molecule has 1 fully saturated rings. The first-order valence-electron chi connectivity index (χ1n) is 6.01. The zero-order valence-electron chi connectivity index (χ0n) is 10.8. The van der Waals surface area contributed by atoms with Gasteiger partial charge in [0, 0.05) is 24.3 Å². The van der Waals surface area contributed by atoms with Gasteiger partial charge in [-0.05, 0) is 11.4 Å². The summed E-state index contributed by atoms with van der Waals surface area (Å²) in [6.45, 7) is 0.643. The number of fused-ring (bicyclic) bond motifs is 1. The molecule has 3 heterocycles. The van der Waals surface area contributed by atoms with Gasteiger partial charge >= 0.3 is 0 Å². The number of anilines is 2. The number of nitrogens with zero attached hydrogens (tertiary/aromatic N) is 3. The van der Waals surface area contributed by atoms with E-state index in [-0.39, 0.29) is 5.95 Å². The van der Waals surface area contributed by atoms with Crippen molar-refractivity contribution in [1.29, 1.82) is 0 Å². The van der Waals surface area contributed by atoms with E-state index in [9.17, 15) is 8.42 Å². The molecule has 1 saturated heterocycles. The Balaban J connectivity index is 2.15. The van der Waals surface area contributed by atoms with Gasteiger partial charge in [-0.25, -0.2) is 13.4 Å². The molecule has 0 aromatic carbocycles. The summed E-state index contributed by atoms with van der Waals surface area (Å²) in [4.78, 5) is 11.1. The number of thiophene rings is 1. The molecule has 0 bridgehead atoms. The summed E-state index contributed by atoms with van der Waals surface area (Å²) in [5.74, 6) is 2.24. The molecule has 2 aromatic heterocycles. The number of hydrogen-bond donors (Lipinski definition) is 1. The Morgan fingerprint density at radius 1 is 1.45 bits per heavy atom. The van der Waals surface area contributed by atoms with Gasteiger partial charge < -0.3 is 10.6 Å². The van der Waals surface area contributed by atoms with Gasteiger partial charge in [-0.3, -0.25) is 0 Å². The van der Waals surface area contributed by atoms with E-state index in [0.717, 1.165) is 16.0 Å². The van der Waals surface area contributed by atoms with E-state index in [4.69, 9.17) is 5.73 Å². The van der Waals surface area contributed by atoms with Crippen LogP contribution in [-0.4, -0.2) is 48.1 Å². The first kappa shape index (κ1) is 13.9. The first-order chi connectivity index (χ1) is 9.47. The van der Waals surface area contributed by atoms with Gasteiger partial charge in [-0.1, -0.05) is 0 Å². The molecule has 2 aromatic rings. The molecule has 6 nitrogen and oxygen atoms in total. The van der Waals surface area contributed by atoms with Gasteiger partial charge in [0.15, 0.2) is 9.84 Å². The monoisotopic (exact) mass is 330 g/mol. The summed E-state index contributed by atoms with van der Waals surface area (Å²) in [6, 6.07) is 1.91. The molecule has 9 heteroatoms. The highest BCUT2D eigenvalue weighted by atomic mass is 32.2. The normalized spacial score (nSPS) is 20.4. The van der Waals surface area contributed by atoms with Crippen LogP contribution in [0.4, 0.5) is 11.8 Å². The molecule has 1 aliphatic rings. The Labute approximate surface area is 125 Å². The molecule has 3 rings (SSSR count). The van der Waals surface area contributed by atoms with E-state index in [1.807, 2.05) is 16.3 Å². The summed E-state index contributed by atoms with van der Waals surface area (Å²) in [7, 11) is -3.18. The fourth-order valence-corrected chi connectivity index (χ4v) is 5.84. The van der Waals surface area contributed by atoms with Crippen LogP contribution in [0.2, 0.25) is 0 Å². The smallest absolute Gasteiger partial charge is 0.223 e. The van der Waals surface area contributed by atoms with Crippen LogP contribution in [-0.2, 0) is 9.84 Å². The summed E-state index contributed by atoms with van der Waals surface area (Å²) in [5, 5.41) is 2.22. The zero-order valence-corrected chi connectivity index (χ0v) is 13.3. The number of rotatable bonds is 2. The van der Waals surface area contributed by atoms with E-state index < -0.39 is 15.2 Å². The van der Waals surface area contributed by atoms with Crippen LogP contribution in [0.3, 0.4) is 0 Å². The molecule has 0 saturated carbocycles. The highest BCUT2D eigenvalue weighted by Crippen LogP contribution is 2.33. The van der Waals surface area contributed by atoms with Gasteiger partial charge in [0.1, 0.15) is 16.0 Å². The van der Waals surface area contributed by atoms with E-state index in [1.165, 1.54) is 17.6 Å². The second-order valence-corrected chi connectivity index (χ2v) is 8.84. The molecular formula is C11H14N4O2S3. The van der Waals surface area contributed by atoms with Gasteiger partial charge in [0.25, 0.3) is 0 Å². The van der Waals surface area contributed by atoms with Crippen molar-refractivity contribution in [2.45, 2.75) is 5.37 Å². The number of nitrogen functional groups attached to an aromatic ring is 1. The maximum Gasteiger partial charge on any atom is 0.223 e. The molecule has 1 atom stereocenters. The molecule has 0 radical (unpaired) electrons. The van der Waals surface area contributed by atoms with Crippen LogP contribution in [0.25, 0.3) is 10.2 Å². The molecule has 0 aliphatic carbocycles. The third-order valence-corrected chi connectivity index (χ3v) is 6.62. The predicted octanol–water partition coefficient (Wildman–Crippen LogP) is 1.20. The fourth-order valence-electron chi connectivity index (χ4n) is 2.25. The third kappa shape index (κ3) is 2.45. The lowest BCUT2D eigenvalue weighted by molar-refractivity contribution is 0.584. The fraction of sp³-hybridized carbons (Fsp3) is 0.455. The van der Waals surface area contributed by atoms with Crippen LogP contribution in [0, 0.1) is 0 Å². The number of aromatic nitrogens is 2. The lowest BCUT2D eigenvalue weighted by Gasteiger charge is -2.35. The average Bonchev–Trinajstić information content (AvgIpc) is 2.84.